The topological polar surface area (TPSA) is 41.1 Å². The van der Waals surface area contributed by atoms with Gasteiger partial charge in [0, 0.05) is 6.92 Å². The molecule has 1 amide bonds. The summed E-state index contributed by atoms with van der Waals surface area (Å²) >= 11 is 8.75. The van der Waals surface area contributed by atoms with Crippen LogP contribution in [0.25, 0.3) is 0 Å². The maximum atomic E-state index is 10.9. The molecule has 0 radical (unpaired) electrons. The molecule has 0 saturated carbocycles. The van der Waals surface area contributed by atoms with Crippen LogP contribution in [0.15, 0.2) is 24.3 Å². The van der Waals surface area contributed by atoms with Gasteiger partial charge in [0.1, 0.15) is 4.32 Å². The summed E-state index contributed by atoms with van der Waals surface area (Å²) < 4.78 is 0.364. The minimum atomic E-state index is -0.121. The number of anilines is 2. The fourth-order valence-corrected chi connectivity index (χ4v) is 1.24. The van der Waals surface area contributed by atoms with Crippen LogP contribution >= 0.6 is 24.8 Å². The van der Waals surface area contributed by atoms with E-state index in [1.807, 2.05) is 18.2 Å². The SMILES string of the molecule is CC(=O)Nc1ccccc1NC(=S)S. The minimum absolute atomic E-state index is 0.121. The molecule has 3 nitrogen and oxygen atoms in total. The third kappa shape index (κ3) is 3.35. The highest BCUT2D eigenvalue weighted by atomic mass is 32.1. The zero-order chi connectivity index (χ0) is 10.6. The Morgan fingerprint density at radius 2 is 1.79 bits per heavy atom. The van der Waals surface area contributed by atoms with Gasteiger partial charge >= 0.3 is 0 Å². The molecule has 0 aliphatic heterocycles. The summed E-state index contributed by atoms with van der Waals surface area (Å²) in [5.41, 5.74) is 1.43. The number of thiocarbonyl (C=S) groups is 1. The van der Waals surface area contributed by atoms with Crippen LogP contribution in [-0.4, -0.2) is 10.2 Å². The maximum Gasteiger partial charge on any atom is 0.221 e. The van der Waals surface area contributed by atoms with E-state index < -0.39 is 0 Å². The number of amides is 1. The van der Waals surface area contributed by atoms with E-state index in [9.17, 15) is 4.79 Å². The Labute approximate surface area is 93.3 Å². The van der Waals surface area contributed by atoms with Crippen LogP contribution in [0.3, 0.4) is 0 Å². The Kier molecular flexibility index (Phi) is 3.91. The summed E-state index contributed by atoms with van der Waals surface area (Å²) in [4.78, 5) is 10.9. The monoisotopic (exact) mass is 226 g/mol. The zero-order valence-corrected chi connectivity index (χ0v) is 9.28. The summed E-state index contributed by atoms with van der Waals surface area (Å²) in [6, 6.07) is 7.28. The van der Waals surface area contributed by atoms with Crippen molar-refractivity contribution in [2.45, 2.75) is 6.92 Å². The van der Waals surface area contributed by atoms with Crippen LogP contribution in [0.2, 0.25) is 0 Å². The second kappa shape index (κ2) is 4.97. The molecule has 0 aromatic heterocycles. The van der Waals surface area contributed by atoms with Gasteiger partial charge in [-0.1, -0.05) is 24.4 Å². The highest BCUT2D eigenvalue weighted by Crippen LogP contribution is 2.21. The fraction of sp³-hybridized carbons (Fsp3) is 0.111. The number of carbonyl (C=O) groups is 1. The molecule has 0 fully saturated rings. The first-order valence-corrected chi connectivity index (χ1v) is 4.81. The molecule has 5 heteroatoms. The molecule has 1 aromatic rings. The van der Waals surface area contributed by atoms with Gasteiger partial charge in [-0.3, -0.25) is 4.79 Å². The normalized spacial score (nSPS) is 9.29. The molecule has 2 N–H and O–H groups in total. The lowest BCUT2D eigenvalue weighted by Gasteiger charge is -2.10. The third-order valence-corrected chi connectivity index (χ3v) is 1.69. The molecule has 0 atom stereocenters. The van der Waals surface area contributed by atoms with Crippen LogP contribution in [0.5, 0.6) is 0 Å². The Hall–Kier alpha value is -1.07. The lowest BCUT2D eigenvalue weighted by Crippen LogP contribution is -2.10. The van der Waals surface area contributed by atoms with Crippen molar-refractivity contribution in [3.05, 3.63) is 24.3 Å². The zero-order valence-electron chi connectivity index (χ0n) is 7.57. The smallest absolute Gasteiger partial charge is 0.221 e. The van der Waals surface area contributed by atoms with E-state index in [0.717, 1.165) is 5.69 Å². The van der Waals surface area contributed by atoms with Gasteiger partial charge < -0.3 is 10.6 Å². The average molecular weight is 226 g/mol. The second-order valence-corrected chi connectivity index (χ2v) is 3.81. The van der Waals surface area contributed by atoms with Crippen molar-refractivity contribution in [1.29, 1.82) is 0 Å². The van der Waals surface area contributed by atoms with Crippen molar-refractivity contribution < 1.29 is 4.79 Å². The Morgan fingerprint density at radius 3 is 2.21 bits per heavy atom. The summed E-state index contributed by atoms with van der Waals surface area (Å²) in [5.74, 6) is -0.121. The molecular weight excluding hydrogens is 216 g/mol. The maximum absolute atomic E-state index is 10.9. The molecule has 1 rings (SSSR count). The average Bonchev–Trinajstić information content (AvgIpc) is 2.06. The molecule has 0 bridgehead atoms. The van der Waals surface area contributed by atoms with Crippen LogP contribution in [0.1, 0.15) is 6.92 Å². The number of thiol groups is 1. The molecule has 0 aliphatic carbocycles. The predicted molar refractivity (Wildman–Crippen MR) is 66.0 cm³/mol. The number of nitrogens with one attached hydrogen (secondary N) is 2. The number of rotatable bonds is 2. The van der Waals surface area contributed by atoms with Gasteiger partial charge in [0.15, 0.2) is 0 Å². The van der Waals surface area contributed by atoms with Gasteiger partial charge in [-0.05, 0) is 12.1 Å². The van der Waals surface area contributed by atoms with Crippen molar-refractivity contribution in [3.8, 4) is 0 Å². The van der Waals surface area contributed by atoms with E-state index in [1.54, 1.807) is 6.07 Å². The first-order chi connectivity index (χ1) is 6.59. The third-order valence-electron chi connectivity index (χ3n) is 1.48. The van der Waals surface area contributed by atoms with Gasteiger partial charge in [0.25, 0.3) is 0 Å². The van der Waals surface area contributed by atoms with Crippen LogP contribution in [-0.2, 0) is 4.79 Å². The Balaban J connectivity index is 2.90. The molecule has 0 aliphatic rings. The van der Waals surface area contributed by atoms with E-state index in [2.05, 4.69) is 23.3 Å². The fourth-order valence-electron chi connectivity index (χ4n) is 1.01. The van der Waals surface area contributed by atoms with E-state index in [0.29, 0.717) is 10.0 Å². The number of benzene rings is 1. The lowest BCUT2D eigenvalue weighted by atomic mass is 10.2. The van der Waals surface area contributed by atoms with E-state index >= 15 is 0 Å². The van der Waals surface area contributed by atoms with Crippen molar-refractivity contribution in [3.63, 3.8) is 0 Å². The van der Waals surface area contributed by atoms with Crippen LogP contribution in [0, 0.1) is 0 Å². The first kappa shape index (κ1) is 11.0. The van der Waals surface area contributed by atoms with Crippen LogP contribution < -0.4 is 10.6 Å². The van der Waals surface area contributed by atoms with Gasteiger partial charge in [0.2, 0.25) is 5.91 Å². The van der Waals surface area contributed by atoms with Crippen LogP contribution in [0.4, 0.5) is 11.4 Å². The molecule has 0 unspecified atom stereocenters. The van der Waals surface area contributed by atoms with Crippen molar-refractivity contribution in [1.82, 2.24) is 0 Å². The number of para-hydroxylation sites is 2. The highest BCUT2D eigenvalue weighted by Gasteiger charge is 2.02. The lowest BCUT2D eigenvalue weighted by molar-refractivity contribution is -0.114. The van der Waals surface area contributed by atoms with Gasteiger partial charge in [0.05, 0.1) is 11.4 Å². The second-order valence-electron chi connectivity index (χ2n) is 2.66. The Morgan fingerprint density at radius 1 is 1.29 bits per heavy atom. The van der Waals surface area contributed by atoms with E-state index in [1.165, 1.54) is 6.92 Å². The number of carbonyl (C=O) groups excluding carboxylic acids is 1. The molecule has 0 saturated heterocycles. The van der Waals surface area contributed by atoms with Crippen molar-refractivity contribution in [2.75, 3.05) is 10.6 Å². The summed E-state index contributed by atoms with van der Waals surface area (Å²) in [6.07, 6.45) is 0. The molecule has 0 heterocycles. The number of hydrogen-bond donors (Lipinski definition) is 3. The summed E-state index contributed by atoms with van der Waals surface area (Å²) in [6.45, 7) is 1.45. The van der Waals surface area contributed by atoms with Gasteiger partial charge in [-0.25, -0.2) is 0 Å². The highest BCUT2D eigenvalue weighted by molar-refractivity contribution is 8.11. The molecular formula is C9H10N2OS2. The van der Waals surface area contributed by atoms with E-state index in [4.69, 9.17) is 12.2 Å². The molecule has 74 valence electrons. The van der Waals surface area contributed by atoms with Crippen molar-refractivity contribution >= 4 is 46.4 Å². The predicted octanol–water partition coefficient (Wildman–Crippen LogP) is 2.27. The van der Waals surface area contributed by atoms with Gasteiger partial charge in [-0.15, -0.1) is 12.6 Å². The number of hydrogen-bond acceptors (Lipinski definition) is 2. The van der Waals surface area contributed by atoms with Gasteiger partial charge in [-0.2, -0.15) is 0 Å². The van der Waals surface area contributed by atoms with Crippen molar-refractivity contribution in [2.24, 2.45) is 0 Å². The standard InChI is InChI=1S/C9H10N2OS2/c1-6(12)10-7-4-2-3-5-8(7)11-9(13)14/h2-5H,1H3,(H,10,12)(H2,11,13,14). The summed E-state index contributed by atoms with van der Waals surface area (Å²) in [7, 11) is 0. The largest absolute Gasteiger partial charge is 0.340 e. The minimum Gasteiger partial charge on any atom is -0.340 e. The first-order valence-electron chi connectivity index (χ1n) is 3.96. The van der Waals surface area contributed by atoms with E-state index in [-0.39, 0.29) is 5.91 Å². The Bertz CT molecular complexity index is 331. The molecule has 14 heavy (non-hydrogen) atoms. The molecule has 0 spiro atoms. The quantitative estimate of drug-likeness (QED) is 0.535. The summed E-state index contributed by atoms with van der Waals surface area (Å²) in [5, 5.41) is 5.54. The molecule has 1 aromatic carbocycles.